The molecule has 0 aromatic heterocycles. The number of benzene rings is 1. The normalized spacial score (nSPS) is 12.9. The minimum absolute atomic E-state index is 0.0183. The highest BCUT2D eigenvalue weighted by Crippen LogP contribution is 2.25. The molecular weight excluding hydrogens is 290 g/mol. The number of halogens is 2. The monoisotopic (exact) mass is 310 g/mol. The van der Waals surface area contributed by atoms with Gasteiger partial charge in [-0.05, 0) is 18.1 Å². The molecule has 0 heterocycles. The van der Waals surface area contributed by atoms with Gasteiger partial charge in [-0.3, -0.25) is 4.79 Å². The highest BCUT2D eigenvalue weighted by Gasteiger charge is 2.31. The van der Waals surface area contributed by atoms with Gasteiger partial charge in [-0.1, -0.05) is 27.7 Å². The van der Waals surface area contributed by atoms with E-state index >= 15 is 0 Å². The van der Waals surface area contributed by atoms with Crippen molar-refractivity contribution >= 4 is 5.91 Å². The average Bonchev–Trinajstić information content (AvgIpc) is 2.43. The number of rotatable bonds is 5. The third-order valence-corrected chi connectivity index (χ3v) is 3.53. The zero-order chi connectivity index (χ0) is 17.1. The Bertz CT molecular complexity index is 584. The van der Waals surface area contributed by atoms with E-state index in [1.165, 1.54) is 0 Å². The molecule has 0 radical (unpaired) electrons. The summed E-state index contributed by atoms with van der Waals surface area (Å²) in [5.74, 6) is -3.11. The van der Waals surface area contributed by atoms with Gasteiger partial charge >= 0.3 is 0 Å². The van der Waals surface area contributed by atoms with Gasteiger partial charge in [-0.25, -0.2) is 8.78 Å². The lowest BCUT2D eigenvalue weighted by molar-refractivity contribution is 0.0137. The fourth-order valence-corrected chi connectivity index (χ4v) is 2.26. The van der Waals surface area contributed by atoms with Crippen LogP contribution >= 0.6 is 0 Å². The molecule has 1 aromatic carbocycles. The number of carbonyl (C=O) groups excluding carboxylic acids is 1. The first-order valence-electron chi connectivity index (χ1n) is 6.95. The fraction of sp³-hybridized carbons (Fsp3) is 0.500. The Hall–Kier alpha value is -2.00. The molecule has 120 valence electrons. The van der Waals surface area contributed by atoms with Crippen LogP contribution in [-0.4, -0.2) is 23.7 Å². The van der Waals surface area contributed by atoms with Crippen LogP contribution in [0.3, 0.4) is 0 Å². The number of amides is 1. The van der Waals surface area contributed by atoms with Crippen LogP contribution in [-0.2, 0) is 0 Å². The number of aliphatic hydroxyl groups excluding tert-OH is 1. The molecule has 1 rings (SSSR count). The van der Waals surface area contributed by atoms with Gasteiger partial charge < -0.3 is 10.4 Å². The number of nitrogens with zero attached hydrogens (tertiary/aromatic N) is 1. The van der Waals surface area contributed by atoms with Crippen molar-refractivity contribution in [3.8, 4) is 6.07 Å². The van der Waals surface area contributed by atoms with Crippen LogP contribution < -0.4 is 5.32 Å². The summed E-state index contributed by atoms with van der Waals surface area (Å²) < 4.78 is 27.5. The van der Waals surface area contributed by atoms with Crippen LogP contribution in [0.1, 0.15) is 43.6 Å². The first-order valence-corrected chi connectivity index (χ1v) is 6.95. The van der Waals surface area contributed by atoms with E-state index in [0.717, 1.165) is 12.1 Å². The second-order valence-electron chi connectivity index (χ2n) is 6.29. The van der Waals surface area contributed by atoms with Crippen LogP contribution in [0.15, 0.2) is 12.1 Å². The lowest BCUT2D eigenvalue weighted by Gasteiger charge is -2.33. The zero-order valence-corrected chi connectivity index (χ0v) is 13.1. The van der Waals surface area contributed by atoms with E-state index in [0.29, 0.717) is 0 Å². The molecule has 1 atom stereocenters. The Morgan fingerprint density at radius 2 is 1.86 bits per heavy atom. The van der Waals surface area contributed by atoms with Gasteiger partial charge in [0, 0.05) is 12.0 Å². The van der Waals surface area contributed by atoms with Gasteiger partial charge in [0.05, 0.1) is 17.7 Å². The van der Waals surface area contributed by atoms with Crippen molar-refractivity contribution in [2.24, 2.45) is 11.3 Å². The number of aliphatic hydroxyl groups is 1. The molecular formula is C16H20F2N2O2. The predicted molar refractivity (Wildman–Crippen MR) is 78.0 cm³/mol. The standard InChI is InChI=1S/C16H20F2N2O2/c1-9(2)14(21)16(3,4)8-20-15(22)13-11(17)5-10(7-19)6-12(13)18/h5-6,9,14,21H,8H2,1-4H3,(H,20,22). The SMILES string of the molecule is CC(C)C(O)C(C)(C)CNC(=O)c1c(F)cc(C#N)cc1F. The summed E-state index contributed by atoms with van der Waals surface area (Å²) in [6, 6.07) is 3.24. The van der Waals surface area contributed by atoms with E-state index in [1.807, 2.05) is 13.8 Å². The van der Waals surface area contributed by atoms with E-state index in [2.05, 4.69) is 5.32 Å². The van der Waals surface area contributed by atoms with E-state index in [9.17, 15) is 18.7 Å². The van der Waals surface area contributed by atoms with Crippen molar-refractivity contribution in [1.82, 2.24) is 5.32 Å². The Morgan fingerprint density at radius 3 is 2.27 bits per heavy atom. The summed E-state index contributed by atoms with van der Waals surface area (Å²) >= 11 is 0. The van der Waals surface area contributed by atoms with Gasteiger partial charge in [0.25, 0.3) is 5.91 Å². The van der Waals surface area contributed by atoms with Crippen molar-refractivity contribution in [3.05, 3.63) is 34.9 Å². The number of carbonyl (C=O) groups is 1. The summed E-state index contributed by atoms with van der Waals surface area (Å²) in [5, 5.41) is 21.1. The highest BCUT2D eigenvalue weighted by molar-refractivity contribution is 5.94. The molecule has 0 spiro atoms. The van der Waals surface area contributed by atoms with Gasteiger partial charge in [-0.2, -0.15) is 5.26 Å². The predicted octanol–water partition coefficient (Wildman–Crippen LogP) is 2.61. The van der Waals surface area contributed by atoms with Crippen molar-refractivity contribution in [2.75, 3.05) is 6.54 Å². The van der Waals surface area contributed by atoms with Crippen molar-refractivity contribution < 1.29 is 18.7 Å². The zero-order valence-electron chi connectivity index (χ0n) is 13.1. The molecule has 0 aliphatic rings. The summed E-state index contributed by atoms with van der Waals surface area (Å²) in [4.78, 5) is 12.0. The maximum atomic E-state index is 13.8. The van der Waals surface area contributed by atoms with Crippen LogP contribution in [0.5, 0.6) is 0 Å². The highest BCUT2D eigenvalue weighted by atomic mass is 19.1. The van der Waals surface area contributed by atoms with Crippen LogP contribution in [0.25, 0.3) is 0 Å². The van der Waals surface area contributed by atoms with Gasteiger partial charge in [0.1, 0.15) is 17.2 Å². The number of nitrogens with one attached hydrogen (secondary N) is 1. The maximum absolute atomic E-state index is 13.8. The molecule has 0 saturated heterocycles. The number of hydrogen-bond donors (Lipinski definition) is 2. The average molecular weight is 310 g/mol. The Balaban J connectivity index is 2.90. The topological polar surface area (TPSA) is 73.1 Å². The molecule has 1 unspecified atom stereocenters. The summed E-state index contributed by atoms with van der Waals surface area (Å²) in [7, 11) is 0. The summed E-state index contributed by atoms with van der Waals surface area (Å²) in [6.45, 7) is 7.25. The number of nitriles is 1. The Kier molecular flexibility index (Phi) is 5.61. The smallest absolute Gasteiger partial charge is 0.257 e. The van der Waals surface area contributed by atoms with Gasteiger partial charge in [0.15, 0.2) is 0 Å². The third-order valence-electron chi connectivity index (χ3n) is 3.53. The molecule has 0 fully saturated rings. The van der Waals surface area contributed by atoms with Crippen LogP contribution in [0.2, 0.25) is 0 Å². The Morgan fingerprint density at radius 1 is 1.36 bits per heavy atom. The summed E-state index contributed by atoms with van der Waals surface area (Å²) in [6.07, 6.45) is -0.677. The first kappa shape index (κ1) is 18.1. The molecule has 0 aliphatic heterocycles. The molecule has 6 heteroatoms. The van der Waals surface area contributed by atoms with E-state index in [-0.39, 0.29) is 18.0 Å². The third kappa shape index (κ3) is 4.01. The largest absolute Gasteiger partial charge is 0.392 e. The van der Waals surface area contributed by atoms with Crippen LogP contribution in [0.4, 0.5) is 8.78 Å². The fourth-order valence-electron chi connectivity index (χ4n) is 2.26. The van der Waals surface area contributed by atoms with Crippen molar-refractivity contribution in [3.63, 3.8) is 0 Å². The molecule has 22 heavy (non-hydrogen) atoms. The van der Waals surface area contributed by atoms with E-state index in [1.54, 1.807) is 19.9 Å². The molecule has 4 nitrogen and oxygen atoms in total. The van der Waals surface area contributed by atoms with Crippen LogP contribution in [0, 0.1) is 34.3 Å². The molecule has 2 N–H and O–H groups in total. The quantitative estimate of drug-likeness (QED) is 0.878. The number of hydrogen-bond acceptors (Lipinski definition) is 3. The summed E-state index contributed by atoms with van der Waals surface area (Å²) in [5.41, 5.74) is -1.57. The molecule has 0 bridgehead atoms. The second-order valence-corrected chi connectivity index (χ2v) is 6.29. The molecule has 0 saturated carbocycles. The minimum Gasteiger partial charge on any atom is -0.392 e. The molecule has 1 amide bonds. The van der Waals surface area contributed by atoms with Crippen molar-refractivity contribution in [1.29, 1.82) is 5.26 Å². The Labute approximate surface area is 128 Å². The van der Waals surface area contributed by atoms with Gasteiger partial charge in [-0.15, -0.1) is 0 Å². The molecule has 1 aromatic rings. The minimum atomic E-state index is -1.09. The molecule has 0 aliphatic carbocycles. The lowest BCUT2D eigenvalue weighted by Crippen LogP contribution is -2.43. The van der Waals surface area contributed by atoms with Gasteiger partial charge in [0.2, 0.25) is 0 Å². The van der Waals surface area contributed by atoms with E-state index < -0.39 is 34.6 Å². The first-order chi connectivity index (χ1) is 10.1. The van der Waals surface area contributed by atoms with E-state index in [4.69, 9.17) is 5.26 Å². The maximum Gasteiger partial charge on any atom is 0.257 e. The van der Waals surface area contributed by atoms with Crippen molar-refractivity contribution in [2.45, 2.75) is 33.8 Å². The lowest BCUT2D eigenvalue weighted by atomic mass is 9.80. The second kappa shape index (κ2) is 6.84.